The minimum atomic E-state index is -3.61. The highest BCUT2D eigenvalue weighted by Crippen LogP contribution is 2.45. The topological polar surface area (TPSA) is 111 Å². The van der Waals surface area contributed by atoms with Gasteiger partial charge in [-0.05, 0) is 36.6 Å². The summed E-state index contributed by atoms with van der Waals surface area (Å²) < 4.78 is 62.1. The largest absolute Gasteiger partial charge is 0.486 e. The molecule has 3 aromatic rings. The third-order valence-electron chi connectivity index (χ3n) is 7.04. The maximum absolute atomic E-state index is 13.8. The Balaban J connectivity index is 1.39. The van der Waals surface area contributed by atoms with E-state index in [0.29, 0.717) is 42.7 Å². The molecule has 0 atom stereocenters. The van der Waals surface area contributed by atoms with E-state index in [1.54, 1.807) is 24.3 Å². The summed E-state index contributed by atoms with van der Waals surface area (Å²) in [6.07, 6.45) is 3.36. The van der Waals surface area contributed by atoms with Crippen molar-refractivity contribution in [3.63, 3.8) is 0 Å². The summed E-state index contributed by atoms with van der Waals surface area (Å²) in [5.41, 5.74) is 6.58. The van der Waals surface area contributed by atoms with Crippen LogP contribution in [-0.2, 0) is 15.8 Å². The Labute approximate surface area is 219 Å². The van der Waals surface area contributed by atoms with Crippen LogP contribution >= 0.6 is 0 Å². The second kappa shape index (κ2) is 9.99. The number of anilines is 2. The van der Waals surface area contributed by atoms with Crippen LogP contribution in [0.5, 0.6) is 5.75 Å². The number of hydrogen-bond acceptors (Lipinski definition) is 7. The van der Waals surface area contributed by atoms with E-state index in [2.05, 4.69) is 12.0 Å². The lowest BCUT2D eigenvalue weighted by Gasteiger charge is -2.35. The average Bonchev–Trinajstić information content (AvgIpc) is 3.61. The summed E-state index contributed by atoms with van der Waals surface area (Å²) in [6.45, 7) is 3.36. The highest BCUT2D eigenvalue weighted by molar-refractivity contribution is 7.88. The second-order valence-corrected chi connectivity index (χ2v) is 12.1. The van der Waals surface area contributed by atoms with Crippen molar-refractivity contribution in [3.8, 4) is 11.4 Å². The second-order valence-electron chi connectivity index (χ2n) is 10.1. The lowest BCUT2D eigenvalue weighted by Crippen LogP contribution is -2.49. The van der Waals surface area contributed by atoms with Crippen molar-refractivity contribution in [1.82, 2.24) is 14.1 Å². The monoisotopic (exact) mass is 545 g/mol. The first-order valence-corrected chi connectivity index (χ1v) is 13.9. The Morgan fingerprint density at radius 1 is 1.05 bits per heavy atom. The Morgan fingerprint density at radius 3 is 2.34 bits per heavy atom. The minimum absolute atomic E-state index is 0.0196. The molecule has 38 heavy (non-hydrogen) atoms. The third kappa shape index (κ3) is 5.51. The van der Waals surface area contributed by atoms with E-state index < -0.39 is 27.2 Å². The summed E-state index contributed by atoms with van der Waals surface area (Å²) >= 11 is 0. The van der Waals surface area contributed by atoms with Crippen LogP contribution in [0.15, 0.2) is 53.5 Å². The quantitative estimate of drug-likeness (QED) is 0.434. The lowest BCUT2D eigenvalue weighted by atomic mass is 10.2. The number of piperazine rings is 1. The van der Waals surface area contributed by atoms with Gasteiger partial charge in [0.1, 0.15) is 17.3 Å². The number of benzene rings is 2. The number of ether oxygens (including phenoxy) is 1. The molecule has 0 spiro atoms. The number of hydrogen-bond donors (Lipinski definition) is 1. The van der Waals surface area contributed by atoms with Crippen molar-refractivity contribution >= 4 is 21.4 Å². The molecule has 1 aromatic heterocycles. The molecule has 12 heteroatoms. The smallest absolute Gasteiger partial charge is 0.316 e. The maximum Gasteiger partial charge on any atom is 0.316 e. The van der Waals surface area contributed by atoms with Crippen LogP contribution in [0.2, 0.25) is 0 Å². The van der Waals surface area contributed by atoms with Crippen LogP contribution in [0.25, 0.3) is 5.69 Å². The maximum atomic E-state index is 13.8. The molecule has 1 saturated carbocycles. The van der Waals surface area contributed by atoms with Crippen molar-refractivity contribution in [2.45, 2.75) is 25.5 Å². The molecule has 1 saturated heterocycles. The van der Waals surface area contributed by atoms with E-state index in [1.165, 1.54) is 10.5 Å². The van der Waals surface area contributed by atoms with E-state index in [4.69, 9.17) is 10.5 Å². The van der Waals surface area contributed by atoms with Crippen molar-refractivity contribution < 1.29 is 21.9 Å². The van der Waals surface area contributed by atoms with E-state index in [-0.39, 0.29) is 35.7 Å². The molecule has 2 heterocycles. The van der Waals surface area contributed by atoms with Gasteiger partial charge in [0.15, 0.2) is 0 Å². The van der Waals surface area contributed by atoms with Gasteiger partial charge in [-0.25, -0.2) is 17.2 Å². The van der Waals surface area contributed by atoms with Gasteiger partial charge in [-0.3, -0.25) is 4.79 Å². The van der Waals surface area contributed by atoms with Crippen molar-refractivity contribution in [2.75, 3.05) is 43.4 Å². The molecule has 9 nitrogen and oxygen atoms in total. The molecule has 0 amide bonds. The molecule has 2 aromatic carbocycles. The van der Waals surface area contributed by atoms with Crippen LogP contribution in [0, 0.1) is 17.0 Å². The highest BCUT2D eigenvalue weighted by Gasteiger charge is 2.39. The van der Waals surface area contributed by atoms with Gasteiger partial charge in [-0.1, -0.05) is 25.1 Å². The Kier molecular flexibility index (Phi) is 6.86. The first-order valence-electron chi connectivity index (χ1n) is 12.3. The highest BCUT2D eigenvalue weighted by atomic mass is 32.2. The van der Waals surface area contributed by atoms with Gasteiger partial charge in [-0.15, -0.1) is 0 Å². The zero-order valence-corrected chi connectivity index (χ0v) is 21.8. The van der Waals surface area contributed by atoms with Crippen LogP contribution in [0.1, 0.15) is 25.3 Å². The van der Waals surface area contributed by atoms with Crippen molar-refractivity contribution in [1.29, 1.82) is 0 Å². The molecule has 1 aliphatic carbocycles. The fraction of sp³-hybridized carbons (Fsp3) is 0.385. The molecule has 0 radical (unpaired) electrons. The fourth-order valence-electron chi connectivity index (χ4n) is 4.40. The molecule has 2 fully saturated rings. The number of rotatable bonds is 8. The van der Waals surface area contributed by atoms with Crippen LogP contribution in [0.4, 0.5) is 20.2 Å². The molecule has 0 bridgehead atoms. The summed E-state index contributed by atoms with van der Waals surface area (Å²) in [6, 6.07) is 9.61. The number of nitrogen functional groups attached to an aromatic ring is 1. The Morgan fingerprint density at radius 2 is 1.71 bits per heavy atom. The van der Waals surface area contributed by atoms with Crippen LogP contribution in [0.3, 0.4) is 0 Å². The van der Waals surface area contributed by atoms with E-state index >= 15 is 0 Å². The van der Waals surface area contributed by atoms with Gasteiger partial charge in [0.05, 0.1) is 24.2 Å². The molecular weight excluding hydrogens is 516 g/mol. The van der Waals surface area contributed by atoms with Gasteiger partial charge in [0.25, 0.3) is 0 Å². The molecule has 2 aliphatic rings. The average molecular weight is 546 g/mol. The van der Waals surface area contributed by atoms with Crippen LogP contribution < -0.4 is 20.9 Å². The lowest BCUT2D eigenvalue weighted by molar-refractivity contribution is 0.242. The number of nitrogens with zero attached hydrogens (tertiary/aromatic N) is 4. The molecule has 1 aliphatic heterocycles. The zero-order chi connectivity index (χ0) is 27.1. The summed E-state index contributed by atoms with van der Waals surface area (Å²) in [5, 5.41) is 4.16. The Bertz CT molecular complexity index is 1500. The first-order chi connectivity index (χ1) is 18.0. The predicted octanol–water partition coefficient (Wildman–Crippen LogP) is 2.92. The molecular formula is C26H29F2N5O4S. The van der Waals surface area contributed by atoms with Gasteiger partial charge < -0.3 is 15.4 Å². The normalized spacial score (nSPS) is 17.4. The summed E-state index contributed by atoms with van der Waals surface area (Å²) in [5.74, 6) is -1.85. The molecule has 202 valence electrons. The van der Waals surface area contributed by atoms with Gasteiger partial charge in [0, 0.05) is 43.3 Å². The van der Waals surface area contributed by atoms with Crippen LogP contribution in [-0.4, -0.2) is 55.3 Å². The standard InChI is InChI=1S/C26H29F2N5O4S/c1-26(6-7-26)17-37-24-23(15-30-33(25(24)34)21-13-19(27)12-20(28)14-21)31-8-10-32(11-9-31)38(35,36)16-18-4-2-3-5-22(18)29/h2-5,12-15H,6-11,16-17,29H2,1H3. The minimum Gasteiger partial charge on any atom is -0.486 e. The molecule has 5 rings (SSSR count). The van der Waals surface area contributed by atoms with Gasteiger partial charge >= 0.3 is 5.56 Å². The number of para-hydroxylation sites is 1. The van der Waals surface area contributed by atoms with E-state index in [9.17, 15) is 22.0 Å². The third-order valence-corrected chi connectivity index (χ3v) is 8.87. The SMILES string of the molecule is CC1(COc2c(N3CCN(S(=O)(=O)Cc4ccccc4N)CC3)cnn(-c3cc(F)cc(F)c3)c2=O)CC1. The Hall–Kier alpha value is -3.51. The number of aromatic nitrogens is 2. The van der Waals surface area contributed by atoms with Gasteiger partial charge in [-0.2, -0.15) is 14.1 Å². The number of nitrogens with two attached hydrogens (primary N) is 1. The first kappa shape index (κ1) is 26.1. The number of sulfonamides is 1. The zero-order valence-electron chi connectivity index (χ0n) is 20.9. The van der Waals surface area contributed by atoms with E-state index in [0.717, 1.165) is 29.7 Å². The van der Waals surface area contributed by atoms with E-state index in [1.807, 2.05) is 4.90 Å². The van der Waals surface area contributed by atoms with Crippen molar-refractivity contribution in [2.24, 2.45) is 5.41 Å². The molecule has 0 unspecified atom stereocenters. The number of halogens is 2. The summed E-state index contributed by atoms with van der Waals surface area (Å²) in [4.78, 5) is 15.3. The fourth-order valence-corrected chi connectivity index (χ4v) is 5.96. The predicted molar refractivity (Wildman–Crippen MR) is 140 cm³/mol. The van der Waals surface area contributed by atoms with Crippen molar-refractivity contribution in [3.05, 3.63) is 76.2 Å². The summed E-state index contributed by atoms with van der Waals surface area (Å²) in [7, 11) is -3.61. The van der Waals surface area contributed by atoms with Gasteiger partial charge in [0.2, 0.25) is 15.8 Å². The molecule has 2 N–H and O–H groups in total.